The lowest BCUT2D eigenvalue weighted by atomic mass is 10.3. The largest absolute Gasteiger partial charge is 0.619 e. The molecule has 0 saturated carbocycles. The standard InChI is InChI=1S/C13H13NO3/c15-14-8-6-13(7-9-14)17-11-10-16-12-4-2-1-3-5-12/h1-9H,10-11H2. The van der Waals surface area contributed by atoms with Gasteiger partial charge in [-0.25, -0.2) is 0 Å². The molecule has 1 aromatic carbocycles. The molecule has 4 nitrogen and oxygen atoms in total. The van der Waals surface area contributed by atoms with E-state index in [1.54, 1.807) is 12.1 Å². The molecular formula is C13H13NO3. The van der Waals surface area contributed by atoms with Crippen molar-refractivity contribution in [1.82, 2.24) is 0 Å². The van der Waals surface area contributed by atoms with Gasteiger partial charge in [0.25, 0.3) is 0 Å². The topological polar surface area (TPSA) is 45.4 Å². The van der Waals surface area contributed by atoms with Gasteiger partial charge in [0.1, 0.15) is 24.7 Å². The first-order valence-corrected chi connectivity index (χ1v) is 5.34. The van der Waals surface area contributed by atoms with Gasteiger partial charge in [-0.05, 0) is 12.1 Å². The van der Waals surface area contributed by atoms with Gasteiger partial charge in [0.15, 0.2) is 12.4 Å². The highest BCUT2D eigenvalue weighted by Crippen LogP contribution is 2.09. The molecule has 2 rings (SSSR count). The predicted molar refractivity (Wildman–Crippen MR) is 62.8 cm³/mol. The summed E-state index contributed by atoms with van der Waals surface area (Å²) < 4.78 is 11.6. The molecule has 88 valence electrons. The van der Waals surface area contributed by atoms with Crippen LogP contribution >= 0.6 is 0 Å². The van der Waals surface area contributed by atoms with Crippen molar-refractivity contribution in [3.63, 3.8) is 0 Å². The van der Waals surface area contributed by atoms with Crippen LogP contribution in [0.2, 0.25) is 0 Å². The summed E-state index contributed by atoms with van der Waals surface area (Å²) in [5.41, 5.74) is 0. The molecule has 0 aliphatic heterocycles. The lowest BCUT2D eigenvalue weighted by Crippen LogP contribution is -2.23. The molecule has 0 unspecified atom stereocenters. The molecule has 0 fully saturated rings. The summed E-state index contributed by atoms with van der Waals surface area (Å²) >= 11 is 0. The van der Waals surface area contributed by atoms with E-state index in [4.69, 9.17) is 9.47 Å². The first-order chi connectivity index (χ1) is 8.34. The molecule has 0 aliphatic rings. The number of benzene rings is 1. The Hall–Kier alpha value is -2.23. The molecule has 0 amide bonds. The molecule has 4 heteroatoms. The van der Waals surface area contributed by atoms with Crippen LogP contribution in [0.3, 0.4) is 0 Å². The summed E-state index contributed by atoms with van der Waals surface area (Å²) in [5.74, 6) is 1.48. The van der Waals surface area contributed by atoms with Crippen LogP contribution in [-0.4, -0.2) is 13.2 Å². The minimum absolute atomic E-state index is 0.442. The smallest absolute Gasteiger partial charge is 0.184 e. The number of ether oxygens (including phenoxy) is 2. The maximum Gasteiger partial charge on any atom is 0.184 e. The number of rotatable bonds is 5. The van der Waals surface area contributed by atoms with Crippen molar-refractivity contribution in [3.8, 4) is 11.5 Å². The Bertz CT molecular complexity index is 442. The van der Waals surface area contributed by atoms with E-state index in [-0.39, 0.29) is 0 Å². The van der Waals surface area contributed by atoms with Crippen molar-refractivity contribution in [2.24, 2.45) is 0 Å². The zero-order valence-electron chi connectivity index (χ0n) is 9.28. The summed E-state index contributed by atoms with van der Waals surface area (Å²) in [6.45, 7) is 0.911. The summed E-state index contributed by atoms with van der Waals surface area (Å²) in [6.07, 6.45) is 2.79. The van der Waals surface area contributed by atoms with Crippen LogP contribution in [0.25, 0.3) is 0 Å². The van der Waals surface area contributed by atoms with Gasteiger partial charge in [-0.15, -0.1) is 0 Å². The minimum atomic E-state index is 0.442. The molecule has 0 radical (unpaired) electrons. The maximum absolute atomic E-state index is 10.8. The molecule has 0 atom stereocenters. The third kappa shape index (κ3) is 3.68. The summed E-state index contributed by atoms with van der Waals surface area (Å²) in [6, 6.07) is 12.8. The molecule has 17 heavy (non-hydrogen) atoms. The van der Waals surface area contributed by atoms with Gasteiger partial charge in [0.2, 0.25) is 0 Å². The second-order valence-electron chi connectivity index (χ2n) is 3.40. The molecule has 0 spiro atoms. The third-order valence-electron chi connectivity index (χ3n) is 2.14. The highest BCUT2D eigenvalue weighted by molar-refractivity contribution is 5.20. The van der Waals surface area contributed by atoms with Crippen LogP contribution in [0, 0.1) is 5.21 Å². The monoisotopic (exact) mass is 231 g/mol. The molecule has 1 aromatic heterocycles. The summed E-state index contributed by atoms with van der Waals surface area (Å²) in [5, 5.41) is 10.8. The summed E-state index contributed by atoms with van der Waals surface area (Å²) in [4.78, 5) is 0. The van der Waals surface area contributed by atoms with E-state index in [1.165, 1.54) is 12.4 Å². The number of hydrogen-bond acceptors (Lipinski definition) is 3. The normalized spacial score (nSPS) is 9.88. The van der Waals surface area contributed by atoms with Crippen LogP contribution in [0.15, 0.2) is 54.9 Å². The molecule has 2 aromatic rings. The Morgan fingerprint density at radius 1 is 0.824 bits per heavy atom. The number of para-hydroxylation sites is 1. The predicted octanol–water partition coefficient (Wildman–Crippen LogP) is 1.78. The second kappa shape index (κ2) is 5.75. The number of pyridine rings is 1. The summed E-state index contributed by atoms with van der Waals surface area (Å²) in [7, 11) is 0. The van der Waals surface area contributed by atoms with Crippen LogP contribution < -0.4 is 14.2 Å². The zero-order chi connectivity index (χ0) is 11.9. The second-order valence-corrected chi connectivity index (χ2v) is 3.40. The first-order valence-electron chi connectivity index (χ1n) is 5.34. The average molecular weight is 231 g/mol. The van der Waals surface area contributed by atoms with E-state index >= 15 is 0 Å². The Balaban J connectivity index is 1.71. The molecule has 0 N–H and O–H groups in total. The van der Waals surface area contributed by atoms with Crippen LogP contribution in [0.4, 0.5) is 0 Å². The minimum Gasteiger partial charge on any atom is -0.619 e. The van der Waals surface area contributed by atoms with Crippen molar-refractivity contribution < 1.29 is 14.2 Å². The quantitative estimate of drug-likeness (QED) is 0.447. The van der Waals surface area contributed by atoms with Crippen LogP contribution in [0.1, 0.15) is 0 Å². The van der Waals surface area contributed by atoms with Gasteiger partial charge in [0.05, 0.1) is 0 Å². The van der Waals surface area contributed by atoms with E-state index in [0.717, 1.165) is 5.75 Å². The zero-order valence-corrected chi connectivity index (χ0v) is 9.28. The lowest BCUT2D eigenvalue weighted by molar-refractivity contribution is -0.605. The Kier molecular flexibility index (Phi) is 3.81. The van der Waals surface area contributed by atoms with Gasteiger partial charge in [-0.2, -0.15) is 4.73 Å². The van der Waals surface area contributed by atoms with Crippen molar-refractivity contribution in [3.05, 3.63) is 60.1 Å². The van der Waals surface area contributed by atoms with E-state index < -0.39 is 0 Å². The van der Waals surface area contributed by atoms with Gasteiger partial charge in [-0.1, -0.05) is 18.2 Å². The van der Waals surface area contributed by atoms with Crippen molar-refractivity contribution in [2.45, 2.75) is 0 Å². The average Bonchev–Trinajstić information content (AvgIpc) is 2.38. The Morgan fingerprint density at radius 2 is 1.35 bits per heavy atom. The molecular weight excluding hydrogens is 218 g/mol. The molecule has 0 aliphatic carbocycles. The van der Waals surface area contributed by atoms with E-state index in [2.05, 4.69) is 0 Å². The third-order valence-corrected chi connectivity index (χ3v) is 2.14. The number of hydrogen-bond donors (Lipinski definition) is 0. The van der Waals surface area contributed by atoms with Crippen molar-refractivity contribution >= 4 is 0 Å². The Labute approximate surface area is 99.6 Å². The number of nitrogens with zero attached hydrogens (tertiary/aromatic N) is 1. The fourth-order valence-electron chi connectivity index (χ4n) is 1.33. The van der Waals surface area contributed by atoms with Gasteiger partial charge >= 0.3 is 0 Å². The van der Waals surface area contributed by atoms with Gasteiger partial charge < -0.3 is 14.7 Å². The van der Waals surface area contributed by atoms with E-state index in [1.807, 2.05) is 30.3 Å². The SMILES string of the molecule is [O-][n+]1ccc(OCCOc2ccccc2)cc1. The van der Waals surface area contributed by atoms with Gasteiger partial charge in [0, 0.05) is 12.1 Å². The van der Waals surface area contributed by atoms with Crippen molar-refractivity contribution in [2.75, 3.05) is 13.2 Å². The van der Waals surface area contributed by atoms with Crippen LogP contribution in [0.5, 0.6) is 11.5 Å². The Morgan fingerprint density at radius 3 is 1.94 bits per heavy atom. The lowest BCUT2D eigenvalue weighted by Gasteiger charge is -2.07. The highest BCUT2D eigenvalue weighted by atomic mass is 16.5. The van der Waals surface area contributed by atoms with Crippen LogP contribution in [-0.2, 0) is 0 Å². The van der Waals surface area contributed by atoms with Crippen molar-refractivity contribution in [1.29, 1.82) is 0 Å². The highest BCUT2D eigenvalue weighted by Gasteiger charge is 1.96. The maximum atomic E-state index is 10.8. The molecule has 1 heterocycles. The fourth-order valence-corrected chi connectivity index (χ4v) is 1.33. The van der Waals surface area contributed by atoms with Gasteiger partial charge in [-0.3, -0.25) is 0 Å². The molecule has 0 saturated heterocycles. The van der Waals surface area contributed by atoms with E-state index in [0.29, 0.717) is 23.7 Å². The fraction of sp³-hybridized carbons (Fsp3) is 0.154. The van der Waals surface area contributed by atoms with E-state index in [9.17, 15) is 5.21 Å². The number of aromatic nitrogens is 1. The first kappa shape index (κ1) is 11.3. The molecule has 0 bridgehead atoms.